The molecule has 122 valence electrons. The normalized spacial score (nSPS) is 21.8. The summed E-state index contributed by atoms with van der Waals surface area (Å²) in [6, 6.07) is 0. The highest BCUT2D eigenvalue weighted by Gasteiger charge is 2.47. The molecule has 0 aromatic heterocycles. The molecule has 0 amide bonds. The Morgan fingerprint density at radius 1 is 1.19 bits per heavy atom. The first-order valence-corrected chi connectivity index (χ1v) is 11.8. The molecule has 0 saturated heterocycles. The SMILES string of the molecule is CCOC(=O)CC1OC(CC)(CC)C(CC)=C1[Si](C)(C)C. The van der Waals surface area contributed by atoms with Crippen molar-refractivity contribution in [2.24, 2.45) is 0 Å². The second kappa shape index (κ2) is 7.10. The number of rotatable bonds is 7. The maximum absolute atomic E-state index is 11.9. The highest BCUT2D eigenvalue weighted by atomic mass is 28.3. The van der Waals surface area contributed by atoms with Crippen molar-refractivity contribution < 1.29 is 14.3 Å². The van der Waals surface area contributed by atoms with E-state index in [1.807, 2.05) is 6.92 Å². The maximum atomic E-state index is 11.9. The van der Waals surface area contributed by atoms with Crippen LogP contribution in [0.25, 0.3) is 0 Å². The van der Waals surface area contributed by atoms with Gasteiger partial charge in [-0.2, -0.15) is 0 Å². The standard InChI is InChI=1S/C17H32O3Si/c1-8-13-16(21(5,6)7)14(12-15(18)19-11-4)20-17(13,9-2)10-3/h14H,8-12H2,1-7H3. The Morgan fingerprint density at radius 2 is 1.76 bits per heavy atom. The van der Waals surface area contributed by atoms with Gasteiger partial charge in [-0.3, -0.25) is 4.79 Å². The quantitative estimate of drug-likeness (QED) is 0.513. The lowest BCUT2D eigenvalue weighted by molar-refractivity contribution is -0.147. The maximum Gasteiger partial charge on any atom is 0.308 e. The molecule has 0 aliphatic carbocycles. The topological polar surface area (TPSA) is 35.5 Å². The molecular formula is C17H32O3Si. The summed E-state index contributed by atoms with van der Waals surface area (Å²) < 4.78 is 11.6. The Morgan fingerprint density at radius 3 is 2.14 bits per heavy atom. The van der Waals surface area contributed by atoms with Gasteiger partial charge in [0.05, 0.1) is 32.8 Å². The lowest BCUT2D eigenvalue weighted by Crippen LogP contribution is -2.34. The fourth-order valence-electron chi connectivity index (χ4n) is 3.65. The minimum Gasteiger partial charge on any atom is -0.466 e. The van der Waals surface area contributed by atoms with E-state index < -0.39 is 8.07 Å². The summed E-state index contributed by atoms with van der Waals surface area (Å²) in [5.41, 5.74) is 1.29. The molecule has 1 aliphatic heterocycles. The second-order valence-corrected chi connectivity index (χ2v) is 11.9. The molecule has 0 fully saturated rings. The number of hydrogen-bond acceptors (Lipinski definition) is 3. The van der Waals surface area contributed by atoms with Gasteiger partial charge in [0.25, 0.3) is 0 Å². The first-order chi connectivity index (χ1) is 9.75. The van der Waals surface area contributed by atoms with Gasteiger partial charge in [0.1, 0.15) is 0 Å². The third kappa shape index (κ3) is 3.78. The second-order valence-electron chi connectivity index (χ2n) is 6.81. The van der Waals surface area contributed by atoms with Crippen LogP contribution < -0.4 is 0 Å². The Labute approximate surface area is 131 Å². The molecular weight excluding hydrogens is 280 g/mol. The predicted octanol–water partition coefficient (Wildman–Crippen LogP) is 4.48. The van der Waals surface area contributed by atoms with Crippen molar-refractivity contribution in [3.63, 3.8) is 0 Å². The van der Waals surface area contributed by atoms with Gasteiger partial charge >= 0.3 is 5.97 Å². The van der Waals surface area contributed by atoms with Crippen molar-refractivity contribution in [1.82, 2.24) is 0 Å². The molecule has 0 bridgehead atoms. The molecule has 0 aromatic rings. The van der Waals surface area contributed by atoms with E-state index in [0.29, 0.717) is 13.0 Å². The van der Waals surface area contributed by atoms with Crippen LogP contribution in [0.15, 0.2) is 10.8 Å². The highest BCUT2D eigenvalue weighted by Crippen LogP contribution is 2.46. The summed E-state index contributed by atoms with van der Waals surface area (Å²) in [4.78, 5) is 11.9. The van der Waals surface area contributed by atoms with Gasteiger partial charge in [0.2, 0.25) is 0 Å². The first kappa shape index (κ1) is 18.4. The van der Waals surface area contributed by atoms with Crippen LogP contribution in [0, 0.1) is 0 Å². The number of ether oxygens (including phenoxy) is 2. The number of carbonyl (C=O) groups excluding carboxylic acids is 1. The zero-order valence-corrected chi connectivity index (χ0v) is 15.8. The largest absolute Gasteiger partial charge is 0.466 e. The van der Waals surface area contributed by atoms with E-state index in [1.54, 1.807) is 0 Å². The van der Waals surface area contributed by atoms with Crippen molar-refractivity contribution in [3.8, 4) is 0 Å². The highest BCUT2D eigenvalue weighted by molar-refractivity contribution is 6.83. The van der Waals surface area contributed by atoms with Gasteiger partial charge in [-0.05, 0) is 31.8 Å². The first-order valence-electron chi connectivity index (χ1n) is 8.33. The Hall–Kier alpha value is -0.613. The minimum absolute atomic E-state index is 0.0782. The van der Waals surface area contributed by atoms with Crippen LogP contribution in [0.1, 0.15) is 53.4 Å². The molecule has 0 spiro atoms. The van der Waals surface area contributed by atoms with E-state index in [9.17, 15) is 4.79 Å². The third-order valence-corrected chi connectivity index (χ3v) is 6.77. The Balaban J connectivity index is 3.21. The van der Waals surface area contributed by atoms with E-state index in [2.05, 4.69) is 40.4 Å². The number of esters is 1. The summed E-state index contributed by atoms with van der Waals surface area (Å²) in [5.74, 6) is -0.142. The lowest BCUT2D eigenvalue weighted by atomic mass is 9.87. The van der Waals surface area contributed by atoms with Crippen LogP contribution in [-0.2, 0) is 14.3 Å². The van der Waals surface area contributed by atoms with Gasteiger partial charge in [0, 0.05) is 0 Å². The van der Waals surface area contributed by atoms with Gasteiger partial charge in [-0.15, -0.1) is 0 Å². The van der Waals surface area contributed by atoms with E-state index in [1.165, 1.54) is 10.8 Å². The molecule has 1 unspecified atom stereocenters. The van der Waals surface area contributed by atoms with E-state index in [-0.39, 0.29) is 17.7 Å². The summed E-state index contributed by atoms with van der Waals surface area (Å²) in [5, 5.41) is 1.45. The van der Waals surface area contributed by atoms with E-state index >= 15 is 0 Å². The smallest absolute Gasteiger partial charge is 0.308 e. The fourth-order valence-corrected chi connectivity index (χ4v) is 6.09. The van der Waals surface area contributed by atoms with Crippen molar-refractivity contribution in [2.75, 3.05) is 6.61 Å². The molecule has 0 N–H and O–H groups in total. The van der Waals surface area contributed by atoms with Crippen molar-refractivity contribution >= 4 is 14.0 Å². The number of carbonyl (C=O) groups is 1. The summed E-state index contributed by atoms with van der Waals surface area (Å²) >= 11 is 0. The van der Waals surface area contributed by atoms with Crippen LogP contribution in [0.2, 0.25) is 19.6 Å². The molecule has 0 radical (unpaired) electrons. The fraction of sp³-hybridized carbons (Fsp3) is 0.824. The molecule has 1 aliphatic rings. The molecule has 1 atom stereocenters. The van der Waals surface area contributed by atoms with Crippen LogP contribution in [0.4, 0.5) is 0 Å². The molecule has 1 heterocycles. The minimum atomic E-state index is -1.54. The van der Waals surface area contributed by atoms with Crippen LogP contribution in [0.5, 0.6) is 0 Å². The molecule has 4 heteroatoms. The van der Waals surface area contributed by atoms with Crippen molar-refractivity contribution in [2.45, 2.75) is 84.7 Å². The number of hydrogen-bond donors (Lipinski definition) is 0. The predicted molar refractivity (Wildman–Crippen MR) is 90.1 cm³/mol. The molecule has 3 nitrogen and oxygen atoms in total. The molecule has 0 saturated carbocycles. The summed E-state index contributed by atoms with van der Waals surface area (Å²) in [6.07, 6.45) is 3.24. The van der Waals surface area contributed by atoms with E-state index in [0.717, 1.165) is 19.3 Å². The van der Waals surface area contributed by atoms with Crippen molar-refractivity contribution in [1.29, 1.82) is 0 Å². The Bertz CT molecular complexity index is 403. The van der Waals surface area contributed by atoms with Crippen LogP contribution in [-0.4, -0.2) is 32.4 Å². The summed E-state index contributed by atoms with van der Waals surface area (Å²) in [6.45, 7) is 15.9. The van der Waals surface area contributed by atoms with Gasteiger partial charge < -0.3 is 9.47 Å². The zero-order chi connectivity index (χ0) is 16.3. The van der Waals surface area contributed by atoms with Gasteiger partial charge in [-0.1, -0.05) is 45.6 Å². The average Bonchev–Trinajstić information content (AvgIpc) is 2.72. The van der Waals surface area contributed by atoms with Gasteiger partial charge in [0.15, 0.2) is 0 Å². The molecule has 1 rings (SSSR count). The molecule has 21 heavy (non-hydrogen) atoms. The molecule has 0 aromatic carbocycles. The Kier molecular flexibility index (Phi) is 6.23. The summed E-state index contributed by atoms with van der Waals surface area (Å²) in [7, 11) is -1.54. The van der Waals surface area contributed by atoms with Gasteiger partial charge in [-0.25, -0.2) is 0 Å². The monoisotopic (exact) mass is 312 g/mol. The third-order valence-electron chi connectivity index (χ3n) is 4.53. The van der Waals surface area contributed by atoms with Crippen molar-refractivity contribution in [3.05, 3.63) is 10.8 Å². The van der Waals surface area contributed by atoms with Crippen LogP contribution >= 0.6 is 0 Å². The lowest BCUT2D eigenvalue weighted by Gasteiger charge is -2.30. The zero-order valence-electron chi connectivity index (χ0n) is 14.8. The average molecular weight is 313 g/mol. The van der Waals surface area contributed by atoms with Crippen LogP contribution in [0.3, 0.4) is 0 Å². The van der Waals surface area contributed by atoms with E-state index in [4.69, 9.17) is 9.47 Å².